The minimum atomic E-state index is -0.359. The van der Waals surface area contributed by atoms with Crippen LogP contribution in [-0.4, -0.2) is 45.2 Å². The van der Waals surface area contributed by atoms with Crippen molar-refractivity contribution in [2.75, 3.05) is 32.2 Å². The van der Waals surface area contributed by atoms with Crippen LogP contribution >= 0.6 is 0 Å². The average molecular weight is 335 g/mol. The molecule has 1 fully saturated rings. The van der Waals surface area contributed by atoms with Crippen molar-refractivity contribution in [3.05, 3.63) is 18.2 Å². The van der Waals surface area contributed by atoms with Crippen LogP contribution in [0.4, 0.5) is 5.69 Å². The fourth-order valence-electron chi connectivity index (χ4n) is 2.65. The van der Waals surface area contributed by atoms with Gasteiger partial charge in [0.25, 0.3) is 0 Å². The van der Waals surface area contributed by atoms with E-state index in [0.717, 1.165) is 0 Å². The number of ether oxygens (including phenoxy) is 2. The molecule has 1 aliphatic rings. The molecule has 1 aromatic carbocycles. The maximum absolute atomic E-state index is 12.3. The van der Waals surface area contributed by atoms with Gasteiger partial charge in [-0.3, -0.25) is 9.59 Å². The highest BCUT2D eigenvalue weighted by Crippen LogP contribution is 2.32. The molecule has 7 nitrogen and oxygen atoms in total. The zero-order valence-corrected chi connectivity index (χ0v) is 14.4. The number of benzene rings is 1. The smallest absolute Gasteiger partial charge is 0.227 e. The molecule has 3 N–H and O–H groups in total. The summed E-state index contributed by atoms with van der Waals surface area (Å²) in [6, 6.07) is 5.30. The molecule has 1 aliphatic heterocycles. The molecular formula is C17H25N3O4. The van der Waals surface area contributed by atoms with Crippen LogP contribution in [0.2, 0.25) is 0 Å². The van der Waals surface area contributed by atoms with E-state index in [1.807, 2.05) is 6.92 Å². The molecule has 24 heavy (non-hydrogen) atoms. The van der Waals surface area contributed by atoms with Crippen LogP contribution in [0.1, 0.15) is 19.8 Å². The van der Waals surface area contributed by atoms with Gasteiger partial charge in [0.1, 0.15) is 11.5 Å². The molecule has 0 spiro atoms. The lowest BCUT2D eigenvalue weighted by molar-refractivity contribution is -0.126. The first-order chi connectivity index (χ1) is 11.4. The monoisotopic (exact) mass is 335 g/mol. The molecule has 2 rings (SSSR count). The first-order valence-corrected chi connectivity index (χ1v) is 8.01. The van der Waals surface area contributed by atoms with Crippen molar-refractivity contribution in [3.63, 3.8) is 0 Å². The number of rotatable bonds is 7. The summed E-state index contributed by atoms with van der Waals surface area (Å²) in [5.74, 6) is 0.644. The standard InChI is InChI=1S/C17H25N3O4/c1-11(18)4-5-19-17(22)12-6-16(21)20(10-12)13-7-14(23-2)9-15(8-13)24-3/h7-9,11-12H,4-6,10,18H2,1-3H3,(H,19,22). The number of nitrogens with zero attached hydrogens (tertiary/aromatic N) is 1. The van der Waals surface area contributed by atoms with Gasteiger partial charge in [0.15, 0.2) is 0 Å². The first-order valence-electron chi connectivity index (χ1n) is 8.01. The molecular weight excluding hydrogens is 310 g/mol. The Labute approximate surface area is 142 Å². The fraction of sp³-hybridized carbons (Fsp3) is 0.529. The number of methoxy groups -OCH3 is 2. The maximum Gasteiger partial charge on any atom is 0.227 e. The van der Waals surface area contributed by atoms with Crippen molar-refractivity contribution >= 4 is 17.5 Å². The third-order valence-electron chi connectivity index (χ3n) is 4.04. The van der Waals surface area contributed by atoms with Gasteiger partial charge in [-0.15, -0.1) is 0 Å². The summed E-state index contributed by atoms with van der Waals surface area (Å²) in [6.45, 7) is 2.76. The number of carbonyl (C=O) groups is 2. The summed E-state index contributed by atoms with van der Waals surface area (Å²) >= 11 is 0. The van der Waals surface area contributed by atoms with Gasteiger partial charge in [-0.05, 0) is 13.3 Å². The molecule has 0 bridgehead atoms. The molecule has 7 heteroatoms. The van der Waals surface area contributed by atoms with Crippen LogP contribution in [0.5, 0.6) is 11.5 Å². The maximum atomic E-state index is 12.3. The van der Waals surface area contributed by atoms with Crippen molar-refractivity contribution in [1.29, 1.82) is 0 Å². The van der Waals surface area contributed by atoms with Gasteiger partial charge in [0, 0.05) is 43.8 Å². The normalized spacial score (nSPS) is 18.4. The third-order valence-corrected chi connectivity index (χ3v) is 4.04. The topological polar surface area (TPSA) is 93.9 Å². The Kier molecular flexibility index (Phi) is 6.03. The quantitative estimate of drug-likeness (QED) is 0.772. The molecule has 1 saturated heterocycles. The van der Waals surface area contributed by atoms with E-state index in [-0.39, 0.29) is 30.2 Å². The van der Waals surface area contributed by atoms with Crippen molar-refractivity contribution in [2.24, 2.45) is 11.7 Å². The van der Waals surface area contributed by atoms with E-state index < -0.39 is 0 Å². The van der Waals surface area contributed by atoms with Gasteiger partial charge in [0.05, 0.1) is 25.8 Å². The second-order valence-corrected chi connectivity index (χ2v) is 6.03. The summed E-state index contributed by atoms with van der Waals surface area (Å²) in [4.78, 5) is 26.1. The van der Waals surface area contributed by atoms with E-state index in [1.54, 1.807) is 37.3 Å². The Balaban J connectivity index is 2.05. The molecule has 2 unspecified atom stereocenters. The van der Waals surface area contributed by atoms with Crippen LogP contribution in [0.3, 0.4) is 0 Å². The molecule has 1 heterocycles. The number of hydrogen-bond acceptors (Lipinski definition) is 5. The predicted molar refractivity (Wildman–Crippen MR) is 91.3 cm³/mol. The second kappa shape index (κ2) is 8.01. The van der Waals surface area contributed by atoms with Crippen molar-refractivity contribution in [3.8, 4) is 11.5 Å². The van der Waals surface area contributed by atoms with Gasteiger partial charge in [-0.25, -0.2) is 0 Å². The summed E-state index contributed by atoms with van der Waals surface area (Å²) in [5.41, 5.74) is 6.34. The summed E-state index contributed by atoms with van der Waals surface area (Å²) < 4.78 is 10.5. The van der Waals surface area contributed by atoms with Crippen LogP contribution in [0.15, 0.2) is 18.2 Å². The van der Waals surface area contributed by atoms with Crippen molar-refractivity contribution in [2.45, 2.75) is 25.8 Å². The number of nitrogens with two attached hydrogens (primary N) is 1. The van der Waals surface area contributed by atoms with E-state index in [0.29, 0.717) is 36.7 Å². The van der Waals surface area contributed by atoms with Gasteiger partial charge < -0.3 is 25.4 Å². The largest absolute Gasteiger partial charge is 0.497 e. The predicted octanol–water partition coefficient (Wildman–Crippen LogP) is 0.910. The highest BCUT2D eigenvalue weighted by atomic mass is 16.5. The van der Waals surface area contributed by atoms with E-state index >= 15 is 0 Å². The van der Waals surface area contributed by atoms with Crippen LogP contribution < -0.4 is 25.4 Å². The number of carbonyl (C=O) groups excluding carboxylic acids is 2. The highest BCUT2D eigenvalue weighted by Gasteiger charge is 2.35. The van der Waals surface area contributed by atoms with Gasteiger partial charge in [-0.1, -0.05) is 0 Å². The summed E-state index contributed by atoms with van der Waals surface area (Å²) in [6.07, 6.45) is 0.909. The number of hydrogen-bond donors (Lipinski definition) is 2. The lowest BCUT2D eigenvalue weighted by atomic mass is 10.1. The lowest BCUT2D eigenvalue weighted by Crippen LogP contribution is -2.35. The Morgan fingerprint density at radius 2 is 1.96 bits per heavy atom. The molecule has 2 atom stereocenters. The Bertz CT molecular complexity index is 581. The molecule has 0 aliphatic carbocycles. The van der Waals surface area contributed by atoms with Gasteiger partial charge in [0.2, 0.25) is 11.8 Å². The molecule has 0 saturated carbocycles. The Morgan fingerprint density at radius 3 is 2.50 bits per heavy atom. The summed E-state index contributed by atoms with van der Waals surface area (Å²) in [5, 5.41) is 2.85. The zero-order chi connectivity index (χ0) is 17.7. The van der Waals surface area contributed by atoms with E-state index in [1.165, 1.54) is 0 Å². The van der Waals surface area contributed by atoms with E-state index in [4.69, 9.17) is 15.2 Å². The first kappa shape index (κ1) is 18.1. The van der Waals surface area contributed by atoms with Gasteiger partial charge >= 0.3 is 0 Å². The Morgan fingerprint density at radius 1 is 1.33 bits per heavy atom. The van der Waals surface area contributed by atoms with E-state index in [9.17, 15) is 9.59 Å². The van der Waals surface area contributed by atoms with Crippen LogP contribution in [0.25, 0.3) is 0 Å². The number of nitrogens with one attached hydrogen (secondary N) is 1. The van der Waals surface area contributed by atoms with Crippen LogP contribution in [-0.2, 0) is 9.59 Å². The molecule has 0 aromatic heterocycles. The Hall–Kier alpha value is -2.28. The van der Waals surface area contributed by atoms with Crippen molar-refractivity contribution < 1.29 is 19.1 Å². The highest BCUT2D eigenvalue weighted by molar-refractivity contribution is 6.00. The molecule has 2 amide bonds. The van der Waals surface area contributed by atoms with Gasteiger partial charge in [-0.2, -0.15) is 0 Å². The van der Waals surface area contributed by atoms with Crippen molar-refractivity contribution in [1.82, 2.24) is 5.32 Å². The average Bonchev–Trinajstić information content (AvgIpc) is 2.95. The second-order valence-electron chi connectivity index (χ2n) is 6.03. The minimum Gasteiger partial charge on any atom is -0.497 e. The fourth-order valence-corrected chi connectivity index (χ4v) is 2.65. The van der Waals surface area contributed by atoms with Crippen LogP contribution in [0, 0.1) is 5.92 Å². The zero-order valence-electron chi connectivity index (χ0n) is 14.4. The lowest BCUT2D eigenvalue weighted by Gasteiger charge is -2.18. The third kappa shape index (κ3) is 4.38. The molecule has 1 aromatic rings. The number of anilines is 1. The molecule has 132 valence electrons. The number of amides is 2. The summed E-state index contributed by atoms with van der Waals surface area (Å²) in [7, 11) is 3.11. The SMILES string of the molecule is COc1cc(OC)cc(N2CC(C(=O)NCCC(C)N)CC2=O)c1. The molecule has 0 radical (unpaired) electrons. The minimum absolute atomic E-state index is 0.0382. The van der Waals surface area contributed by atoms with E-state index in [2.05, 4.69) is 5.32 Å².